The van der Waals surface area contributed by atoms with Crippen LogP contribution in [0.4, 0.5) is 5.69 Å². The molecule has 7 heteroatoms. The molecule has 1 unspecified atom stereocenters. The van der Waals surface area contributed by atoms with Gasteiger partial charge < -0.3 is 10.2 Å². The topological polar surface area (TPSA) is 73.3 Å². The number of anilines is 1. The van der Waals surface area contributed by atoms with Gasteiger partial charge in [0.25, 0.3) is 11.8 Å². The Morgan fingerprint density at radius 2 is 1.81 bits per heavy atom. The molecule has 0 radical (unpaired) electrons. The maximum Gasteiger partial charge on any atom is 0.264 e. The van der Waals surface area contributed by atoms with Gasteiger partial charge in [0.15, 0.2) is 5.17 Å². The summed E-state index contributed by atoms with van der Waals surface area (Å²) in [5.74, 6) is -0.552. The van der Waals surface area contributed by atoms with Crippen molar-refractivity contribution in [1.82, 2.24) is 5.32 Å². The van der Waals surface area contributed by atoms with Crippen molar-refractivity contribution in [1.29, 1.82) is 5.41 Å². The Morgan fingerprint density at radius 3 is 2.42 bits per heavy atom. The Hall–Kier alpha value is -2.57. The van der Waals surface area contributed by atoms with E-state index in [1.165, 1.54) is 0 Å². The predicted octanol–water partition coefficient (Wildman–Crippen LogP) is 4.99. The summed E-state index contributed by atoms with van der Waals surface area (Å²) < 4.78 is 0. The van der Waals surface area contributed by atoms with Crippen LogP contribution in [-0.2, 0) is 15.0 Å². The Morgan fingerprint density at radius 1 is 1.13 bits per heavy atom. The number of rotatable bonds is 1. The van der Waals surface area contributed by atoms with Crippen LogP contribution in [0.3, 0.4) is 0 Å². The van der Waals surface area contributed by atoms with E-state index in [4.69, 9.17) is 17.0 Å². The van der Waals surface area contributed by atoms with E-state index >= 15 is 0 Å². The van der Waals surface area contributed by atoms with E-state index in [9.17, 15) is 9.59 Å². The normalized spacial score (nSPS) is 26.4. The van der Waals surface area contributed by atoms with Crippen LogP contribution in [0.25, 0.3) is 5.57 Å². The summed E-state index contributed by atoms with van der Waals surface area (Å²) in [4.78, 5) is 28.4. The zero-order valence-electron chi connectivity index (χ0n) is 17.7. The molecule has 3 aliphatic rings. The number of aryl methyl sites for hydroxylation is 1. The molecule has 158 valence electrons. The fourth-order valence-electron chi connectivity index (χ4n) is 5.37. The second-order valence-corrected chi connectivity index (χ2v) is 10.7. The first kappa shape index (κ1) is 20.3. The first-order valence-electron chi connectivity index (χ1n) is 10.1. The van der Waals surface area contributed by atoms with E-state index in [1.807, 2.05) is 30.0 Å². The lowest BCUT2D eigenvalue weighted by atomic mass is 9.65. The molecule has 3 heterocycles. The molecule has 1 atom stereocenters. The fraction of sp³-hybridized carbons (Fsp3) is 0.292. The van der Waals surface area contributed by atoms with Crippen LogP contribution in [0.15, 0.2) is 41.3 Å². The van der Waals surface area contributed by atoms with Crippen LogP contribution in [0.2, 0.25) is 5.02 Å². The number of thioether (sulfide) groups is 1. The van der Waals surface area contributed by atoms with Gasteiger partial charge in [0.1, 0.15) is 0 Å². The molecule has 1 saturated heterocycles. The monoisotopic (exact) mass is 451 g/mol. The van der Waals surface area contributed by atoms with Crippen molar-refractivity contribution in [3.05, 3.63) is 68.6 Å². The molecule has 0 aliphatic carbocycles. The van der Waals surface area contributed by atoms with Crippen LogP contribution in [0.5, 0.6) is 0 Å². The lowest BCUT2D eigenvalue weighted by Crippen LogP contribution is -2.54. The number of halogens is 1. The molecule has 1 fully saturated rings. The maximum atomic E-state index is 13.7. The Bertz CT molecular complexity index is 1230. The summed E-state index contributed by atoms with van der Waals surface area (Å²) in [5.41, 5.74) is 4.49. The highest BCUT2D eigenvalue weighted by Crippen LogP contribution is 2.57. The van der Waals surface area contributed by atoms with Crippen LogP contribution >= 0.6 is 23.4 Å². The molecule has 5 nitrogen and oxygen atoms in total. The molecular weight excluding hydrogens is 430 g/mol. The van der Waals surface area contributed by atoms with E-state index in [0.29, 0.717) is 15.5 Å². The summed E-state index contributed by atoms with van der Waals surface area (Å²) in [7, 11) is 0. The first-order valence-corrected chi connectivity index (χ1v) is 11.3. The number of benzene rings is 2. The lowest BCUT2D eigenvalue weighted by molar-refractivity contribution is -0.116. The van der Waals surface area contributed by atoms with Gasteiger partial charge in [0.2, 0.25) is 0 Å². The largest absolute Gasteiger partial charge is 0.302 e. The number of carbonyl (C=O) groups excluding carboxylic acids is 2. The zero-order valence-corrected chi connectivity index (χ0v) is 19.3. The zero-order chi connectivity index (χ0) is 22.3. The van der Waals surface area contributed by atoms with E-state index in [-0.39, 0.29) is 22.4 Å². The van der Waals surface area contributed by atoms with Gasteiger partial charge in [-0.05, 0) is 68.3 Å². The summed E-state index contributed by atoms with van der Waals surface area (Å²) in [6.07, 6.45) is 0.723. The minimum atomic E-state index is -0.474. The van der Waals surface area contributed by atoms with Crippen molar-refractivity contribution in [3.63, 3.8) is 0 Å². The van der Waals surface area contributed by atoms with Crippen molar-refractivity contribution < 1.29 is 9.59 Å². The van der Waals surface area contributed by atoms with Crippen LogP contribution in [-0.4, -0.2) is 22.5 Å². The van der Waals surface area contributed by atoms with Crippen molar-refractivity contribution in [2.45, 2.75) is 45.1 Å². The van der Waals surface area contributed by atoms with Crippen molar-refractivity contribution >= 4 is 51.6 Å². The predicted molar refractivity (Wildman–Crippen MR) is 126 cm³/mol. The van der Waals surface area contributed by atoms with Crippen LogP contribution in [0.1, 0.15) is 49.4 Å². The van der Waals surface area contributed by atoms with Gasteiger partial charge in [-0.1, -0.05) is 42.3 Å². The van der Waals surface area contributed by atoms with E-state index in [2.05, 4.69) is 44.3 Å². The number of carbonyl (C=O) groups is 2. The van der Waals surface area contributed by atoms with Crippen molar-refractivity contribution in [2.24, 2.45) is 0 Å². The molecule has 2 N–H and O–H groups in total. The maximum absolute atomic E-state index is 13.7. The third-order valence-electron chi connectivity index (χ3n) is 6.50. The second-order valence-electron chi connectivity index (χ2n) is 9.27. The average molecular weight is 452 g/mol. The van der Waals surface area contributed by atoms with Crippen LogP contribution in [0, 0.1) is 12.3 Å². The molecule has 3 aliphatic heterocycles. The van der Waals surface area contributed by atoms with E-state index < -0.39 is 5.54 Å². The SMILES string of the molecule is Cc1cc2c3c(c1)C(C)(c1ccc(Cl)cc1)CC(C)(C)N3C(=O)C2=C1SC(=N)NC1=O. The number of nitrogens with one attached hydrogen (secondary N) is 2. The van der Waals surface area contributed by atoms with Gasteiger partial charge in [-0.2, -0.15) is 0 Å². The molecular formula is C24H22ClN3O2S. The fourth-order valence-corrected chi connectivity index (χ4v) is 6.29. The summed E-state index contributed by atoms with van der Waals surface area (Å²) >= 11 is 7.18. The number of amides is 2. The third kappa shape index (κ3) is 2.81. The van der Waals surface area contributed by atoms with Crippen molar-refractivity contribution in [3.8, 4) is 0 Å². The van der Waals surface area contributed by atoms with E-state index in [0.717, 1.165) is 46.1 Å². The molecule has 31 heavy (non-hydrogen) atoms. The lowest BCUT2D eigenvalue weighted by Gasteiger charge is -2.50. The molecule has 0 saturated carbocycles. The van der Waals surface area contributed by atoms with Gasteiger partial charge in [-0.25, -0.2) is 0 Å². The average Bonchev–Trinajstić information content (AvgIpc) is 3.15. The number of hydrogen-bond acceptors (Lipinski definition) is 4. The third-order valence-corrected chi connectivity index (χ3v) is 7.65. The minimum Gasteiger partial charge on any atom is -0.302 e. The number of amidine groups is 1. The number of hydrogen-bond donors (Lipinski definition) is 2. The molecule has 2 aromatic rings. The highest BCUT2D eigenvalue weighted by atomic mass is 35.5. The second kappa shape index (κ2) is 6.47. The van der Waals surface area contributed by atoms with Gasteiger partial charge in [-0.15, -0.1) is 0 Å². The van der Waals surface area contributed by atoms with Crippen molar-refractivity contribution in [2.75, 3.05) is 4.90 Å². The molecule has 0 bridgehead atoms. The highest BCUT2D eigenvalue weighted by molar-refractivity contribution is 8.18. The quantitative estimate of drug-likeness (QED) is 0.600. The molecule has 0 spiro atoms. The Balaban J connectivity index is 1.84. The minimum absolute atomic E-state index is 0.0494. The molecule has 5 rings (SSSR count). The summed E-state index contributed by atoms with van der Waals surface area (Å²) in [6, 6.07) is 12.1. The highest BCUT2D eigenvalue weighted by Gasteiger charge is 2.53. The van der Waals surface area contributed by atoms with Crippen LogP contribution < -0.4 is 10.2 Å². The summed E-state index contributed by atoms with van der Waals surface area (Å²) in [6.45, 7) is 8.37. The van der Waals surface area contributed by atoms with E-state index in [1.54, 1.807) is 0 Å². The van der Waals surface area contributed by atoms with Gasteiger partial charge in [0, 0.05) is 21.5 Å². The first-order chi connectivity index (χ1) is 14.5. The molecule has 2 aromatic carbocycles. The standard InChI is InChI=1S/C24H22ClN3O2S/c1-12-9-15-17(19-20(29)27-22(26)31-19)21(30)28-18(15)16(10-12)24(4,11-23(28,2)3)13-5-7-14(25)8-6-13/h5-10H,11H2,1-4H3,(H2,26,27,29). The smallest absolute Gasteiger partial charge is 0.264 e. The Labute approximate surface area is 190 Å². The van der Waals surface area contributed by atoms with Gasteiger partial charge in [-0.3, -0.25) is 15.0 Å². The Kier molecular flexibility index (Phi) is 4.24. The molecule has 2 amide bonds. The number of nitrogens with zero attached hydrogens (tertiary/aromatic N) is 1. The summed E-state index contributed by atoms with van der Waals surface area (Å²) in [5, 5.41) is 11.1. The van der Waals surface area contributed by atoms with Gasteiger partial charge >= 0.3 is 0 Å². The molecule has 0 aromatic heterocycles. The van der Waals surface area contributed by atoms with Gasteiger partial charge in [0.05, 0.1) is 16.2 Å².